The molecule has 0 bridgehead atoms. The predicted octanol–water partition coefficient (Wildman–Crippen LogP) is 4.70. The Labute approximate surface area is 189 Å². The van der Waals surface area contributed by atoms with Crippen molar-refractivity contribution in [3.8, 4) is 11.5 Å². The van der Waals surface area contributed by atoms with Gasteiger partial charge < -0.3 is 10.1 Å². The van der Waals surface area contributed by atoms with Crippen LogP contribution in [0, 0.1) is 13.8 Å². The highest BCUT2D eigenvalue weighted by atomic mass is 16.5. The summed E-state index contributed by atoms with van der Waals surface area (Å²) >= 11 is 0. The van der Waals surface area contributed by atoms with E-state index >= 15 is 0 Å². The zero-order valence-corrected chi connectivity index (χ0v) is 18.3. The van der Waals surface area contributed by atoms with Gasteiger partial charge in [0.05, 0.1) is 22.3 Å². The highest BCUT2D eigenvalue weighted by Crippen LogP contribution is 2.29. The van der Waals surface area contributed by atoms with Gasteiger partial charge >= 0.3 is 0 Å². The number of fused-ring (bicyclic) bond motifs is 3. The van der Waals surface area contributed by atoms with Crippen LogP contribution in [-0.4, -0.2) is 20.1 Å². The molecule has 1 N–H and O–H groups in total. The quantitative estimate of drug-likeness (QED) is 0.432. The van der Waals surface area contributed by atoms with Gasteiger partial charge in [-0.05, 0) is 50.2 Å². The van der Waals surface area contributed by atoms with E-state index < -0.39 is 0 Å². The molecule has 0 radical (unpaired) electrons. The molecule has 1 amide bonds. The number of anilines is 1. The van der Waals surface area contributed by atoms with Gasteiger partial charge in [0.1, 0.15) is 17.9 Å². The molecule has 0 saturated heterocycles. The number of benzene rings is 3. The van der Waals surface area contributed by atoms with E-state index in [1.54, 1.807) is 34.8 Å². The zero-order valence-electron chi connectivity index (χ0n) is 18.3. The third-order valence-corrected chi connectivity index (χ3v) is 5.41. The second kappa shape index (κ2) is 8.27. The smallest absolute Gasteiger partial charge is 0.262 e. The summed E-state index contributed by atoms with van der Waals surface area (Å²) in [5.74, 6) is 0.850. The first-order valence-electron chi connectivity index (χ1n) is 10.6. The van der Waals surface area contributed by atoms with Crippen molar-refractivity contribution in [2.75, 3.05) is 5.32 Å². The first-order valence-corrected chi connectivity index (χ1v) is 10.6. The number of hydrogen-bond donors (Lipinski definition) is 1. The molecule has 5 rings (SSSR count). The van der Waals surface area contributed by atoms with Gasteiger partial charge in [-0.2, -0.15) is 5.10 Å². The maximum atomic E-state index is 13.2. The Kier molecular flexibility index (Phi) is 5.14. The van der Waals surface area contributed by atoms with Crippen molar-refractivity contribution < 1.29 is 9.53 Å². The summed E-state index contributed by atoms with van der Waals surface area (Å²) in [6.45, 7) is 3.71. The molecule has 33 heavy (non-hydrogen) atoms. The number of amides is 1. The fourth-order valence-corrected chi connectivity index (χ4v) is 3.82. The number of rotatable bonds is 5. The Bertz CT molecular complexity index is 1550. The Morgan fingerprint density at radius 3 is 2.52 bits per heavy atom. The van der Waals surface area contributed by atoms with Crippen LogP contribution in [0.5, 0.6) is 11.5 Å². The molecular formula is C26H22N4O3. The second-order valence-electron chi connectivity index (χ2n) is 7.92. The van der Waals surface area contributed by atoms with Crippen molar-refractivity contribution in [2.24, 2.45) is 0 Å². The van der Waals surface area contributed by atoms with E-state index in [-0.39, 0.29) is 18.0 Å². The molecule has 0 spiro atoms. The van der Waals surface area contributed by atoms with Crippen LogP contribution < -0.4 is 15.6 Å². The van der Waals surface area contributed by atoms with Crippen LogP contribution in [-0.2, 0) is 11.3 Å². The van der Waals surface area contributed by atoms with E-state index in [0.29, 0.717) is 33.7 Å². The van der Waals surface area contributed by atoms with Crippen LogP contribution in [0.1, 0.15) is 11.3 Å². The van der Waals surface area contributed by atoms with E-state index in [1.807, 2.05) is 62.4 Å². The Morgan fingerprint density at radius 2 is 1.70 bits per heavy atom. The average Bonchev–Trinajstić information content (AvgIpc) is 3.21. The number of nitrogens with one attached hydrogen (secondary N) is 1. The average molecular weight is 438 g/mol. The number of aromatic nitrogens is 3. The highest BCUT2D eigenvalue weighted by Gasteiger charge is 2.16. The topological polar surface area (TPSA) is 77.6 Å². The number of carbonyl (C=O) groups is 1. The summed E-state index contributed by atoms with van der Waals surface area (Å²) in [5.41, 5.74) is 3.45. The molecule has 2 aromatic heterocycles. The SMILES string of the molecule is Cc1ccc(Oc2ccccc2NC(=O)Cn2c(=O)c3ccccc3n3nc(C)cc23)cc1. The van der Waals surface area contributed by atoms with Crippen molar-refractivity contribution >= 4 is 28.1 Å². The molecule has 0 aliphatic carbocycles. The maximum Gasteiger partial charge on any atom is 0.262 e. The summed E-state index contributed by atoms with van der Waals surface area (Å²) in [5, 5.41) is 7.89. The van der Waals surface area contributed by atoms with Gasteiger partial charge in [-0.25, -0.2) is 4.52 Å². The zero-order chi connectivity index (χ0) is 22.9. The van der Waals surface area contributed by atoms with Crippen molar-refractivity contribution in [2.45, 2.75) is 20.4 Å². The van der Waals surface area contributed by atoms with Crippen molar-refractivity contribution in [1.82, 2.24) is 14.2 Å². The predicted molar refractivity (Wildman–Crippen MR) is 128 cm³/mol. The standard InChI is InChI=1S/C26H22N4O3/c1-17-11-13-19(14-12-17)33-23-10-6-4-8-21(23)27-24(31)16-29-25-15-18(2)28-30(25)22-9-5-3-7-20(22)26(29)32/h3-15H,16H2,1-2H3,(H,27,31). The number of ether oxygens (including phenoxy) is 1. The lowest BCUT2D eigenvalue weighted by atomic mass is 10.2. The van der Waals surface area contributed by atoms with E-state index in [2.05, 4.69) is 10.4 Å². The fourth-order valence-electron chi connectivity index (χ4n) is 3.82. The van der Waals surface area contributed by atoms with Crippen LogP contribution in [0.15, 0.2) is 83.7 Å². The third kappa shape index (κ3) is 3.96. The van der Waals surface area contributed by atoms with Gasteiger partial charge in [0.25, 0.3) is 5.56 Å². The maximum absolute atomic E-state index is 13.2. The molecule has 5 aromatic rings. The normalized spacial score (nSPS) is 11.1. The highest BCUT2D eigenvalue weighted by molar-refractivity contribution is 5.93. The van der Waals surface area contributed by atoms with E-state index in [4.69, 9.17) is 4.74 Å². The van der Waals surface area contributed by atoms with E-state index in [0.717, 1.165) is 11.3 Å². The molecule has 2 heterocycles. The summed E-state index contributed by atoms with van der Waals surface area (Å²) in [6, 6.07) is 23.9. The molecule has 7 heteroatoms. The number of para-hydroxylation sites is 3. The van der Waals surface area contributed by atoms with Crippen molar-refractivity contribution in [3.63, 3.8) is 0 Å². The number of nitrogens with zero attached hydrogens (tertiary/aromatic N) is 3. The van der Waals surface area contributed by atoms with Gasteiger partial charge in [-0.1, -0.05) is 42.0 Å². The van der Waals surface area contributed by atoms with Crippen LogP contribution in [0.3, 0.4) is 0 Å². The van der Waals surface area contributed by atoms with E-state index in [1.165, 1.54) is 4.57 Å². The summed E-state index contributed by atoms with van der Waals surface area (Å²) < 4.78 is 9.12. The Hall–Kier alpha value is -4.39. The van der Waals surface area contributed by atoms with Gasteiger partial charge in [-0.15, -0.1) is 0 Å². The van der Waals surface area contributed by atoms with Crippen molar-refractivity contribution in [1.29, 1.82) is 0 Å². The molecule has 7 nitrogen and oxygen atoms in total. The van der Waals surface area contributed by atoms with Gasteiger partial charge in [-0.3, -0.25) is 14.2 Å². The van der Waals surface area contributed by atoms with Gasteiger partial charge in [0, 0.05) is 6.07 Å². The Balaban J connectivity index is 1.46. The van der Waals surface area contributed by atoms with Crippen LogP contribution in [0.4, 0.5) is 5.69 Å². The third-order valence-electron chi connectivity index (χ3n) is 5.41. The molecule has 0 aliphatic rings. The number of carbonyl (C=O) groups excluding carboxylic acids is 1. The first-order chi connectivity index (χ1) is 16.0. The summed E-state index contributed by atoms with van der Waals surface area (Å²) in [4.78, 5) is 26.2. The largest absolute Gasteiger partial charge is 0.455 e. The van der Waals surface area contributed by atoms with Crippen LogP contribution in [0.25, 0.3) is 16.6 Å². The summed E-state index contributed by atoms with van der Waals surface area (Å²) in [6.07, 6.45) is 0. The Morgan fingerprint density at radius 1 is 0.970 bits per heavy atom. The minimum atomic E-state index is -0.340. The van der Waals surface area contributed by atoms with Gasteiger partial charge in [0.15, 0.2) is 5.75 Å². The minimum Gasteiger partial charge on any atom is -0.455 e. The number of aryl methyl sites for hydroxylation is 2. The monoisotopic (exact) mass is 438 g/mol. The van der Waals surface area contributed by atoms with Gasteiger partial charge in [0.2, 0.25) is 5.91 Å². The second-order valence-corrected chi connectivity index (χ2v) is 7.92. The molecule has 0 saturated carbocycles. The first kappa shape index (κ1) is 20.5. The molecular weight excluding hydrogens is 416 g/mol. The lowest BCUT2D eigenvalue weighted by molar-refractivity contribution is -0.116. The fraction of sp³-hybridized carbons (Fsp3) is 0.115. The van der Waals surface area contributed by atoms with Crippen LogP contribution in [0.2, 0.25) is 0 Å². The lowest BCUT2D eigenvalue weighted by Gasteiger charge is -2.14. The molecule has 0 atom stereocenters. The molecule has 0 unspecified atom stereocenters. The minimum absolute atomic E-state index is 0.156. The molecule has 0 fully saturated rings. The van der Waals surface area contributed by atoms with Crippen LogP contribution >= 0.6 is 0 Å². The molecule has 164 valence electrons. The molecule has 0 aliphatic heterocycles. The number of hydrogen-bond acceptors (Lipinski definition) is 4. The van der Waals surface area contributed by atoms with Crippen molar-refractivity contribution in [3.05, 3.63) is 100 Å². The lowest BCUT2D eigenvalue weighted by Crippen LogP contribution is -2.29. The summed E-state index contributed by atoms with van der Waals surface area (Å²) in [7, 11) is 0. The van der Waals surface area contributed by atoms with E-state index in [9.17, 15) is 9.59 Å². The molecule has 3 aromatic carbocycles.